The van der Waals surface area contributed by atoms with E-state index in [0.717, 1.165) is 35.5 Å². The minimum atomic E-state index is 0.765. The first-order chi connectivity index (χ1) is 9.63. The van der Waals surface area contributed by atoms with Crippen molar-refractivity contribution in [1.29, 1.82) is 0 Å². The zero-order valence-corrected chi connectivity index (χ0v) is 11.9. The molecular formula is C17H19N3. The van der Waals surface area contributed by atoms with Gasteiger partial charge in [-0.1, -0.05) is 29.8 Å². The van der Waals surface area contributed by atoms with E-state index in [2.05, 4.69) is 46.8 Å². The van der Waals surface area contributed by atoms with E-state index in [1.165, 1.54) is 11.1 Å². The average Bonchev–Trinajstić information content (AvgIpc) is 2.71. The van der Waals surface area contributed by atoms with E-state index in [1.807, 2.05) is 19.1 Å². The van der Waals surface area contributed by atoms with Crippen molar-refractivity contribution in [3.63, 3.8) is 0 Å². The van der Waals surface area contributed by atoms with Crippen molar-refractivity contribution < 1.29 is 0 Å². The lowest BCUT2D eigenvalue weighted by molar-refractivity contribution is 0.692. The summed E-state index contributed by atoms with van der Waals surface area (Å²) in [4.78, 5) is 4.59. The number of nitrogens with two attached hydrogens (primary N) is 1. The van der Waals surface area contributed by atoms with Crippen LogP contribution in [0.2, 0.25) is 0 Å². The van der Waals surface area contributed by atoms with Crippen LogP contribution in [-0.4, -0.2) is 9.55 Å². The summed E-state index contributed by atoms with van der Waals surface area (Å²) in [6.45, 7) is 5.12. The molecule has 0 aliphatic rings. The number of fused-ring (bicyclic) bond motifs is 1. The maximum Gasteiger partial charge on any atom is 0.106 e. The summed E-state index contributed by atoms with van der Waals surface area (Å²) in [5.41, 5.74) is 11.4. The fourth-order valence-corrected chi connectivity index (χ4v) is 2.66. The maximum atomic E-state index is 5.82. The standard InChI is InChI=1S/C17H19N3/c1-12-4-3-5-14(10-12)8-9-20-13(2)19-16-11-15(18)6-7-17(16)20/h3-7,10-11H,8-9,18H2,1-2H3. The molecule has 2 N–H and O–H groups in total. The van der Waals surface area contributed by atoms with E-state index in [4.69, 9.17) is 5.73 Å². The number of aryl methyl sites for hydroxylation is 4. The van der Waals surface area contributed by atoms with Gasteiger partial charge in [0.25, 0.3) is 0 Å². The Labute approximate surface area is 119 Å². The Morgan fingerprint density at radius 1 is 1.10 bits per heavy atom. The van der Waals surface area contributed by atoms with Crippen LogP contribution in [0, 0.1) is 13.8 Å². The zero-order chi connectivity index (χ0) is 14.1. The highest BCUT2D eigenvalue weighted by Gasteiger charge is 2.07. The van der Waals surface area contributed by atoms with Gasteiger partial charge < -0.3 is 10.3 Å². The van der Waals surface area contributed by atoms with E-state index in [9.17, 15) is 0 Å². The second-order valence-corrected chi connectivity index (χ2v) is 5.30. The molecule has 0 fully saturated rings. The smallest absolute Gasteiger partial charge is 0.106 e. The van der Waals surface area contributed by atoms with Crippen molar-refractivity contribution in [1.82, 2.24) is 9.55 Å². The molecule has 0 atom stereocenters. The number of hydrogen-bond acceptors (Lipinski definition) is 2. The van der Waals surface area contributed by atoms with Crippen LogP contribution in [0.3, 0.4) is 0 Å². The highest BCUT2D eigenvalue weighted by molar-refractivity contribution is 5.79. The number of nitrogen functional groups attached to an aromatic ring is 1. The van der Waals surface area contributed by atoms with Gasteiger partial charge in [-0.3, -0.25) is 0 Å². The molecule has 20 heavy (non-hydrogen) atoms. The summed E-state index contributed by atoms with van der Waals surface area (Å²) in [5.74, 6) is 1.04. The number of hydrogen-bond donors (Lipinski definition) is 1. The summed E-state index contributed by atoms with van der Waals surface area (Å²) in [5, 5.41) is 0. The highest BCUT2D eigenvalue weighted by Crippen LogP contribution is 2.19. The molecule has 0 radical (unpaired) electrons. The molecule has 3 heteroatoms. The molecule has 3 aromatic rings. The second kappa shape index (κ2) is 5.00. The topological polar surface area (TPSA) is 43.8 Å². The van der Waals surface area contributed by atoms with E-state index in [0.29, 0.717) is 0 Å². The van der Waals surface area contributed by atoms with Gasteiger partial charge in [-0.25, -0.2) is 4.98 Å². The van der Waals surface area contributed by atoms with Gasteiger partial charge >= 0.3 is 0 Å². The van der Waals surface area contributed by atoms with E-state index < -0.39 is 0 Å². The molecule has 0 saturated carbocycles. The van der Waals surface area contributed by atoms with Crippen LogP contribution in [0.15, 0.2) is 42.5 Å². The minimum absolute atomic E-state index is 0.765. The Hall–Kier alpha value is -2.29. The summed E-state index contributed by atoms with van der Waals surface area (Å²) in [6.07, 6.45) is 1.01. The molecule has 2 aromatic carbocycles. The fourth-order valence-electron chi connectivity index (χ4n) is 2.66. The summed E-state index contributed by atoms with van der Waals surface area (Å²) >= 11 is 0. The fraction of sp³-hybridized carbons (Fsp3) is 0.235. The van der Waals surface area contributed by atoms with Gasteiger partial charge in [-0.05, 0) is 44.0 Å². The SMILES string of the molecule is Cc1cccc(CCn2c(C)nc3cc(N)ccc32)c1. The van der Waals surface area contributed by atoms with E-state index in [-0.39, 0.29) is 0 Å². The number of anilines is 1. The molecule has 1 aromatic heterocycles. The lowest BCUT2D eigenvalue weighted by Gasteiger charge is -2.07. The summed E-state index contributed by atoms with van der Waals surface area (Å²) in [7, 11) is 0. The van der Waals surface area contributed by atoms with Crippen molar-refractivity contribution in [2.45, 2.75) is 26.8 Å². The Balaban J connectivity index is 1.89. The molecule has 0 aliphatic carbocycles. The first-order valence-electron chi connectivity index (χ1n) is 6.91. The highest BCUT2D eigenvalue weighted by atomic mass is 15.1. The predicted molar refractivity (Wildman–Crippen MR) is 83.8 cm³/mol. The van der Waals surface area contributed by atoms with Crippen molar-refractivity contribution in [2.24, 2.45) is 0 Å². The number of aromatic nitrogens is 2. The Morgan fingerprint density at radius 3 is 2.75 bits per heavy atom. The van der Waals surface area contributed by atoms with Gasteiger partial charge in [0.05, 0.1) is 11.0 Å². The molecule has 0 aliphatic heterocycles. The van der Waals surface area contributed by atoms with Gasteiger partial charge in [0.1, 0.15) is 5.82 Å². The molecule has 1 heterocycles. The van der Waals surface area contributed by atoms with Crippen LogP contribution in [0.25, 0.3) is 11.0 Å². The molecule has 0 bridgehead atoms. The van der Waals surface area contributed by atoms with Gasteiger partial charge in [0.2, 0.25) is 0 Å². The first kappa shape index (κ1) is 12.7. The lowest BCUT2D eigenvalue weighted by Crippen LogP contribution is -2.03. The normalized spacial score (nSPS) is 11.1. The van der Waals surface area contributed by atoms with Crippen LogP contribution in [-0.2, 0) is 13.0 Å². The number of nitrogens with zero attached hydrogens (tertiary/aromatic N) is 2. The maximum absolute atomic E-state index is 5.82. The monoisotopic (exact) mass is 265 g/mol. The van der Waals surface area contributed by atoms with Crippen LogP contribution in [0.1, 0.15) is 17.0 Å². The first-order valence-corrected chi connectivity index (χ1v) is 6.91. The molecule has 0 unspecified atom stereocenters. The van der Waals surface area contributed by atoms with Crippen molar-refractivity contribution in [3.05, 3.63) is 59.4 Å². The minimum Gasteiger partial charge on any atom is -0.399 e. The third-order valence-corrected chi connectivity index (χ3v) is 3.67. The van der Waals surface area contributed by atoms with Crippen molar-refractivity contribution >= 4 is 16.7 Å². The molecule has 0 saturated heterocycles. The average molecular weight is 265 g/mol. The van der Waals surface area contributed by atoms with E-state index >= 15 is 0 Å². The number of benzene rings is 2. The third-order valence-electron chi connectivity index (χ3n) is 3.67. The Bertz CT molecular complexity index is 756. The molecule has 0 amide bonds. The van der Waals surface area contributed by atoms with Crippen molar-refractivity contribution in [3.8, 4) is 0 Å². The van der Waals surface area contributed by atoms with Gasteiger partial charge in [0, 0.05) is 12.2 Å². The molecule has 3 nitrogen and oxygen atoms in total. The van der Waals surface area contributed by atoms with Gasteiger partial charge in [-0.15, -0.1) is 0 Å². The quantitative estimate of drug-likeness (QED) is 0.737. The Kier molecular flexibility index (Phi) is 3.18. The molecule has 3 rings (SSSR count). The largest absolute Gasteiger partial charge is 0.399 e. The summed E-state index contributed by atoms with van der Waals surface area (Å²) < 4.78 is 2.26. The van der Waals surface area contributed by atoms with Crippen LogP contribution >= 0.6 is 0 Å². The zero-order valence-electron chi connectivity index (χ0n) is 11.9. The van der Waals surface area contributed by atoms with Crippen LogP contribution in [0.5, 0.6) is 0 Å². The number of rotatable bonds is 3. The molecule has 0 spiro atoms. The second-order valence-electron chi connectivity index (χ2n) is 5.30. The molecular weight excluding hydrogens is 246 g/mol. The van der Waals surface area contributed by atoms with Crippen LogP contribution < -0.4 is 5.73 Å². The third kappa shape index (κ3) is 2.39. The lowest BCUT2D eigenvalue weighted by atomic mass is 10.1. The van der Waals surface area contributed by atoms with Crippen LogP contribution in [0.4, 0.5) is 5.69 Å². The van der Waals surface area contributed by atoms with Gasteiger partial charge in [-0.2, -0.15) is 0 Å². The number of imidazole rings is 1. The predicted octanol–water partition coefficient (Wildman–Crippen LogP) is 3.48. The van der Waals surface area contributed by atoms with Gasteiger partial charge in [0.15, 0.2) is 0 Å². The molecule has 102 valence electrons. The Morgan fingerprint density at radius 2 is 1.95 bits per heavy atom. The van der Waals surface area contributed by atoms with E-state index in [1.54, 1.807) is 0 Å². The van der Waals surface area contributed by atoms with Crippen molar-refractivity contribution in [2.75, 3.05) is 5.73 Å². The summed E-state index contributed by atoms with van der Waals surface area (Å²) in [6, 6.07) is 14.6.